The van der Waals surface area contributed by atoms with E-state index in [9.17, 15) is 4.79 Å². The molecule has 0 aliphatic carbocycles. The van der Waals surface area contributed by atoms with E-state index in [4.69, 9.17) is 14.2 Å². The van der Waals surface area contributed by atoms with Crippen molar-refractivity contribution in [1.82, 2.24) is 0 Å². The van der Waals surface area contributed by atoms with Crippen LogP contribution in [0.15, 0.2) is 12.2 Å². The van der Waals surface area contributed by atoms with Gasteiger partial charge in [0.25, 0.3) is 0 Å². The van der Waals surface area contributed by atoms with Crippen molar-refractivity contribution in [3.05, 3.63) is 12.2 Å². The highest BCUT2D eigenvalue weighted by atomic mass is 16.7. The van der Waals surface area contributed by atoms with E-state index >= 15 is 0 Å². The molecule has 4 nitrogen and oxygen atoms in total. The van der Waals surface area contributed by atoms with E-state index in [1.54, 1.807) is 0 Å². The van der Waals surface area contributed by atoms with Crippen LogP contribution in [0.4, 0.5) is 0 Å². The summed E-state index contributed by atoms with van der Waals surface area (Å²) in [6, 6.07) is 0. The summed E-state index contributed by atoms with van der Waals surface area (Å²) in [6.45, 7) is 8.77. The normalized spacial score (nSPS) is 18.0. The van der Waals surface area contributed by atoms with E-state index in [2.05, 4.69) is 19.1 Å². The molecule has 1 aliphatic rings. The number of hydrogen-bond acceptors (Lipinski definition) is 4. The number of ether oxygens (including phenoxy) is 3. The molecular formula is C29H54O4. The van der Waals surface area contributed by atoms with Gasteiger partial charge >= 0.3 is 5.97 Å². The number of esters is 1. The Bertz CT molecular complexity index is 488. The summed E-state index contributed by atoms with van der Waals surface area (Å²) in [5.41, 5.74) is -0.452. The summed E-state index contributed by atoms with van der Waals surface area (Å²) in [7, 11) is 0. The Labute approximate surface area is 205 Å². The number of unbranched alkanes of at least 4 members (excludes halogenated alkanes) is 11. The fourth-order valence-corrected chi connectivity index (χ4v) is 4.26. The van der Waals surface area contributed by atoms with Gasteiger partial charge in [-0.15, -0.1) is 0 Å². The van der Waals surface area contributed by atoms with Crippen LogP contribution in [0.5, 0.6) is 0 Å². The van der Waals surface area contributed by atoms with Crippen molar-refractivity contribution in [3.63, 3.8) is 0 Å². The Hall–Kier alpha value is -0.870. The third kappa shape index (κ3) is 19.2. The maximum atomic E-state index is 12.3. The first-order chi connectivity index (χ1) is 15.9. The molecule has 0 aromatic rings. The highest BCUT2D eigenvalue weighted by Crippen LogP contribution is 2.21. The van der Waals surface area contributed by atoms with Crippen LogP contribution in [0.3, 0.4) is 0 Å². The maximum absolute atomic E-state index is 12.3. The van der Waals surface area contributed by atoms with Gasteiger partial charge in [0, 0.05) is 6.61 Å². The van der Waals surface area contributed by atoms with E-state index in [1.165, 1.54) is 77.0 Å². The summed E-state index contributed by atoms with van der Waals surface area (Å²) < 4.78 is 17.4. The average Bonchev–Trinajstić information content (AvgIpc) is 2.75. The molecule has 1 fully saturated rings. The van der Waals surface area contributed by atoms with Crippen molar-refractivity contribution in [1.29, 1.82) is 0 Å². The van der Waals surface area contributed by atoms with Crippen LogP contribution in [0.25, 0.3) is 0 Å². The standard InChI is InChI=1S/C29H54O4/c1-5-6-7-8-9-10-11-12-13-14-15-16-17-18-19-22-26(25-27(30)33-29(2,3)4)32-28-23-20-21-24-31-28/h12-13,26,28H,5-11,14-25H2,1-4H3/b13-12-/t26?,28-/m1/s1. The summed E-state index contributed by atoms with van der Waals surface area (Å²) in [5, 5.41) is 0. The monoisotopic (exact) mass is 466 g/mol. The number of carbonyl (C=O) groups is 1. The second-order valence-corrected chi connectivity index (χ2v) is 10.7. The smallest absolute Gasteiger partial charge is 0.308 e. The Morgan fingerprint density at radius 1 is 0.909 bits per heavy atom. The lowest BCUT2D eigenvalue weighted by atomic mass is 10.0. The topological polar surface area (TPSA) is 44.8 Å². The summed E-state index contributed by atoms with van der Waals surface area (Å²) in [6.07, 6.45) is 25.7. The SMILES string of the molecule is CCCCCCCC/C=C\CCCCCCCC(CC(=O)OC(C)(C)C)O[C@@H]1CCCCO1. The first kappa shape index (κ1) is 30.2. The second kappa shape index (κ2) is 19.4. The van der Waals surface area contributed by atoms with Crippen LogP contribution in [0, 0.1) is 0 Å². The van der Waals surface area contributed by atoms with E-state index in [1.807, 2.05) is 20.8 Å². The molecule has 4 heteroatoms. The van der Waals surface area contributed by atoms with Crippen molar-refractivity contribution in [2.45, 2.75) is 161 Å². The van der Waals surface area contributed by atoms with E-state index in [0.717, 1.165) is 38.7 Å². The summed E-state index contributed by atoms with van der Waals surface area (Å²) in [4.78, 5) is 12.3. The highest BCUT2D eigenvalue weighted by molar-refractivity contribution is 5.70. The van der Waals surface area contributed by atoms with Crippen LogP contribution < -0.4 is 0 Å². The molecule has 1 rings (SSSR count). The minimum absolute atomic E-state index is 0.104. The molecule has 0 N–H and O–H groups in total. The van der Waals surface area contributed by atoms with Crippen molar-refractivity contribution in [2.24, 2.45) is 0 Å². The minimum Gasteiger partial charge on any atom is -0.460 e. The van der Waals surface area contributed by atoms with Crippen LogP contribution in [0.2, 0.25) is 0 Å². The summed E-state index contributed by atoms with van der Waals surface area (Å²) in [5.74, 6) is -0.170. The lowest BCUT2D eigenvalue weighted by molar-refractivity contribution is -0.196. The molecule has 0 aromatic heterocycles. The van der Waals surface area contributed by atoms with Gasteiger partial charge in [0.15, 0.2) is 6.29 Å². The van der Waals surface area contributed by atoms with Gasteiger partial charge in [-0.25, -0.2) is 0 Å². The first-order valence-electron chi connectivity index (χ1n) is 14.0. The molecule has 0 spiro atoms. The van der Waals surface area contributed by atoms with Gasteiger partial charge in [0.05, 0.1) is 12.5 Å². The predicted molar refractivity (Wildman–Crippen MR) is 138 cm³/mol. The Morgan fingerprint density at radius 3 is 2.09 bits per heavy atom. The van der Waals surface area contributed by atoms with Gasteiger partial charge in [-0.05, 0) is 72.1 Å². The molecule has 0 radical (unpaired) electrons. The molecule has 33 heavy (non-hydrogen) atoms. The lowest BCUT2D eigenvalue weighted by Crippen LogP contribution is -2.32. The van der Waals surface area contributed by atoms with E-state index < -0.39 is 5.60 Å². The van der Waals surface area contributed by atoms with Crippen molar-refractivity contribution in [3.8, 4) is 0 Å². The van der Waals surface area contributed by atoms with Gasteiger partial charge in [0.1, 0.15) is 5.60 Å². The van der Waals surface area contributed by atoms with E-state index in [0.29, 0.717) is 6.42 Å². The molecule has 0 saturated carbocycles. The van der Waals surface area contributed by atoms with Gasteiger partial charge in [-0.3, -0.25) is 4.79 Å². The Balaban J connectivity index is 2.12. The zero-order valence-electron chi connectivity index (χ0n) is 22.4. The van der Waals surface area contributed by atoms with Crippen LogP contribution in [-0.4, -0.2) is 30.6 Å². The van der Waals surface area contributed by atoms with Gasteiger partial charge < -0.3 is 14.2 Å². The Morgan fingerprint density at radius 2 is 1.52 bits per heavy atom. The number of allylic oxidation sites excluding steroid dienone is 2. The largest absolute Gasteiger partial charge is 0.460 e. The van der Waals surface area contributed by atoms with Gasteiger partial charge in [-0.1, -0.05) is 76.9 Å². The molecule has 1 saturated heterocycles. The fourth-order valence-electron chi connectivity index (χ4n) is 4.26. The average molecular weight is 467 g/mol. The highest BCUT2D eigenvalue weighted by Gasteiger charge is 2.24. The molecule has 194 valence electrons. The molecule has 2 atom stereocenters. The third-order valence-electron chi connectivity index (χ3n) is 6.08. The molecular weight excluding hydrogens is 412 g/mol. The predicted octanol–water partition coefficient (Wildman–Crippen LogP) is 8.67. The number of carbonyl (C=O) groups excluding carboxylic acids is 1. The number of hydrogen-bond donors (Lipinski definition) is 0. The molecule has 1 unspecified atom stereocenters. The quantitative estimate of drug-likeness (QED) is 0.108. The molecule has 0 aromatic carbocycles. The van der Waals surface area contributed by atoms with Crippen molar-refractivity contribution < 1.29 is 19.0 Å². The lowest BCUT2D eigenvalue weighted by Gasteiger charge is -2.28. The maximum Gasteiger partial charge on any atom is 0.308 e. The zero-order chi connectivity index (χ0) is 24.2. The minimum atomic E-state index is -0.452. The number of rotatable bonds is 19. The molecule has 1 heterocycles. The Kier molecular flexibility index (Phi) is 17.8. The van der Waals surface area contributed by atoms with E-state index in [-0.39, 0.29) is 18.4 Å². The molecule has 0 bridgehead atoms. The third-order valence-corrected chi connectivity index (χ3v) is 6.08. The van der Waals surface area contributed by atoms with Crippen LogP contribution in [0.1, 0.15) is 143 Å². The van der Waals surface area contributed by atoms with Crippen molar-refractivity contribution in [2.75, 3.05) is 6.61 Å². The molecule has 1 aliphatic heterocycles. The van der Waals surface area contributed by atoms with Gasteiger partial charge in [-0.2, -0.15) is 0 Å². The zero-order valence-corrected chi connectivity index (χ0v) is 22.4. The molecule has 0 amide bonds. The van der Waals surface area contributed by atoms with Gasteiger partial charge in [0.2, 0.25) is 0 Å². The second-order valence-electron chi connectivity index (χ2n) is 10.7. The first-order valence-corrected chi connectivity index (χ1v) is 14.0. The van der Waals surface area contributed by atoms with Crippen LogP contribution >= 0.6 is 0 Å². The van der Waals surface area contributed by atoms with Crippen molar-refractivity contribution >= 4 is 5.97 Å². The summed E-state index contributed by atoms with van der Waals surface area (Å²) >= 11 is 0. The van der Waals surface area contributed by atoms with Crippen LogP contribution in [-0.2, 0) is 19.0 Å². The fraction of sp³-hybridized carbons (Fsp3) is 0.897.